The Labute approximate surface area is 192 Å². The summed E-state index contributed by atoms with van der Waals surface area (Å²) in [5.41, 5.74) is 4.88. The number of carbonyl (C=O) groups excluding carboxylic acids is 3. The van der Waals surface area contributed by atoms with E-state index >= 15 is 0 Å². The summed E-state index contributed by atoms with van der Waals surface area (Å²) < 4.78 is 7.11. The van der Waals surface area contributed by atoms with Gasteiger partial charge in [0, 0.05) is 12.0 Å². The highest BCUT2D eigenvalue weighted by molar-refractivity contribution is 6.07. The minimum atomic E-state index is -1.21. The van der Waals surface area contributed by atoms with Gasteiger partial charge in [0.25, 0.3) is 11.5 Å². The molecule has 170 valence electrons. The molecular weight excluding hydrogens is 438 g/mol. The minimum Gasteiger partial charge on any atom is -0.449 e. The maximum absolute atomic E-state index is 13.5. The SMILES string of the molecule is NC(=O)c1nc2ccccc2c(=O)n1[C@H]1C[C@]2(OC1=O)c1ccccc1N1C(=O)C3(CC3)N[C@H]12. The highest BCUT2D eigenvalue weighted by atomic mass is 16.6. The number of amides is 2. The number of hydrogen-bond acceptors (Lipinski definition) is 7. The average Bonchev–Trinajstić information content (AvgIpc) is 3.37. The summed E-state index contributed by atoms with van der Waals surface area (Å²) in [5.74, 6) is -1.94. The average molecular weight is 457 g/mol. The van der Waals surface area contributed by atoms with Crippen molar-refractivity contribution in [2.45, 2.75) is 42.6 Å². The molecule has 3 aromatic rings. The van der Waals surface area contributed by atoms with E-state index in [1.54, 1.807) is 29.2 Å². The van der Waals surface area contributed by atoms with E-state index in [1.807, 2.05) is 24.3 Å². The van der Waals surface area contributed by atoms with Crippen LogP contribution in [0.5, 0.6) is 0 Å². The van der Waals surface area contributed by atoms with Crippen LogP contribution in [0.1, 0.15) is 41.5 Å². The second-order valence-electron chi connectivity index (χ2n) is 9.34. The Hall–Kier alpha value is -4.05. The van der Waals surface area contributed by atoms with Crippen LogP contribution in [0.3, 0.4) is 0 Å². The number of para-hydroxylation sites is 2. The molecule has 7 rings (SSSR count). The number of nitrogens with zero attached hydrogens (tertiary/aromatic N) is 3. The Bertz CT molecular complexity index is 1530. The Morgan fingerprint density at radius 1 is 1.09 bits per heavy atom. The summed E-state index contributed by atoms with van der Waals surface area (Å²) >= 11 is 0. The third kappa shape index (κ3) is 2.21. The largest absolute Gasteiger partial charge is 0.449 e. The fourth-order valence-electron chi connectivity index (χ4n) is 5.78. The van der Waals surface area contributed by atoms with Crippen molar-refractivity contribution in [3.05, 3.63) is 70.3 Å². The molecule has 3 atom stereocenters. The van der Waals surface area contributed by atoms with Crippen LogP contribution >= 0.6 is 0 Å². The zero-order valence-corrected chi connectivity index (χ0v) is 17.9. The summed E-state index contributed by atoms with van der Waals surface area (Å²) in [6.07, 6.45) is 0.874. The normalized spacial score (nSPS) is 27.9. The predicted octanol–water partition coefficient (Wildman–Crippen LogP) is 0.687. The Balaban J connectivity index is 1.42. The maximum Gasteiger partial charge on any atom is 0.330 e. The molecule has 3 fully saturated rings. The summed E-state index contributed by atoms with van der Waals surface area (Å²) in [6, 6.07) is 12.8. The van der Waals surface area contributed by atoms with Gasteiger partial charge in [-0.2, -0.15) is 0 Å². The van der Waals surface area contributed by atoms with Crippen molar-refractivity contribution in [2.24, 2.45) is 5.73 Å². The van der Waals surface area contributed by atoms with Crippen molar-refractivity contribution < 1.29 is 19.1 Å². The number of ether oxygens (including phenoxy) is 1. The van der Waals surface area contributed by atoms with Crippen LogP contribution in [-0.4, -0.2) is 39.0 Å². The van der Waals surface area contributed by atoms with E-state index < -0.39 is 40.8 Å². The molecule has 0 bridgehead atoms. The van der Waals surface area contributed by atoms with Gasteiger partial charge >= 0.3 is 5.97 Å². The molecule has 4 aliphatic rings. The monoisotopic (exact) mass is 457 g/mol. The summed E-state index contributed by atoms with van der Waals surface area (Å²) in [7, 11) is 0. The molecule has 1 aromatic heterocycles. The number of nitrogens with one attached hydrogen (secondary N) is 1. The van der Waals surface area contributed by atoms with E-state index in [0.29, 0.717) is 29.6 Å². The Kier molecular flexibility index (Phi) is 3.48. The van der Waals surface area contributed by atoms with Gasteiger partial charge in [0.2, 0.25) is 11.7 Å². The van der Waals surface area contributed by atoms with Crippen molar-refractivity contribution in [1.82, 2.24) is 14.9 Å². The highest BCUT2D eigenvalue weighted by Crippen LogP contribution is 2.58. The fourth-order valence-corrected chi connectivity index (χ4v) is 5.78. The number of primary amides is 1. The molecule has 34 heavy (non-hydrogen) atoms. The molecule has 0 unspecified atom stereocenters. The molecule has 10 heteroatoms. The maximum atomic E-state index is 13.5. The van der Waals surface area contributed by atoms with Gasteiger partial charge in [0.05, 0.1) is 16.6 Å². The van der Waals surface area contributed by atoms with Crippen LogP contribution < -0.4 is 21.5 Å². The number of aromatic nitrogens is 2. The van der Waals surface area contributed by atoms with Gasteiger partial charge in [-0.25, -0.2) is 9.78 Å². The molecule has 2 amide bonds. The molecule has 10 nitrogen and oxygen atoms in total. The lowest BCUT2D eigenvalue weighted by molar-refractivity contribution is -0.152. The van der Waals surface area contributed by atoms with Crippen LogP contribution in [0, 0.1) is 0 Å². The number of rotatable bonds is 2. The number of esters is 1. The number of fused-ring (bicyclic) bond motifs is 6. The molecule has 1 aliphatic carbocycles. The number of anilines is 1. The lowest BCUT2D eigenvalue weighted by Gasteiger charge is -2.30. The van der Waals surface area contributed by atoms with Gasteiger partial charge in [-0.05, 0) is 31.0 Å². The zero-order valence-electron chi connectivity index (χ0n) is 17.9. The van der Waals surface area contributed by atoms with E-state index in [9.17, 15) is 19.2 Å². The van der Waals surface area contributed by atoms with Crippen LogP contribution in [0.15, 0.2) is 53.3 Å². The summed E-state index contributed by atoms with van der Waals surface area (Å²) in [4.78, 5) is 58.3. The van der Waals surface area contributed by atoms with E-state index in [0.717, 1.165) is 4.57 Å². The van der Waals surface area contributed by atoms with Crippen molar-refractivity contribution in [1.29, 1.82) is 0 Å². The van der Waals surface area contributed by atoms with Gasteiger partial charge in [-0.1, -0.05) is 30.3 Å². The van der Waals surface area contributed by atoms with Gasteiger partial charge in [0.15, 0.2) is 5.60 Å². The van der Waals surface area contributed by atoms with Gasteiger partial charge < -0.3 is 10.5 Å². The standard InChI is InChI=1S/C24H19N5O5/c25-17(30)18-26-14-7-3-1-5-12(14)19(31)28(18)16-11-24(34-20(16)32)13-6-2-4-8-15(13)29-21(24)27-23(9-10-23)22(29)33/h1-8,16,21,27H,9-11H2,(H2,25,30)/t16-,21+,24-/m0/s1. The fraction of sp³-hybridized carbons (Fsp3) is 0.292. The topological polar surface area (TPSA) is 137 Å². The van der Waals surface area contributed by atoms with E-state index in [-0.39, 0.29) is 23.5 Å². The lowest BCUT2D eigenvalue weighted by Crippen LogP contribution is -2.49. The highest BCUT2D eigenvalue weighted by Gasteiger charge is 2.71. The van der Waals surface area contributed by atoms with E-state index in [1.165, 1.54) is 0 Å². The van der Waals surface area contributed by atoms with Crippen molar-refractivity contribution >= 4 is 34.4 Å². The molecule has 2 saturated heterocycles. The van der Waals surface area contributed by atoms with Gasteiger partial charge in [-0.3, -0.25) is 29.2 Å². The third-order valence-electron chi connectivity index (χ3n) is 7.50. The van der Waals surface area contributed by atoms with Crippen LogP contribution in [0.2, 0.25) is 0 Å². The van der Waals surface area contributed by atoms with Crippen LogP contribution in [0.4, 0.5) is 5.69 Å². The molecule has 0 radical (unpaired) electrons. The smallest absolute Gasteiger partial charge is 0.330 e. The Morgan fingerprint density at radius 2 is 1.82 bits per heavy atom. The summed E-state index contributed by atoms with van der Waals surface area (Å²) in [6.45, 7) is 0. The third-order valence-corrected chi connectivity index (χ3v) is 7.50. The quantitative estimate of drug-likeness (QED) is 0.540. The molecule has 4 heterocycles. The number of carbonyl (C=O) groups is 3. The predicted molar refractivity (Wildman–Crippen MR) is 119 cm³/mol. The van der Waals surface area contributed by atoms with Crippen LogP contribution in [-0.2, 0) is 19.9 Å². The van der Waals surface area contributed by atoms with Gasteiger partial charge in [-0.15, -0.1) is 0 Å². The second-order valence-corrected chi connectivity index (χ2v) is 9.34. The Morgan fingerprint density at radius 3 is 2.59 bits per heavy atom. The molecule has 2 spiro atoms. The second kappa shape index (κ2) is 6.09. The zero-order chi connectivity index (χ0) is 23.4. The molecule has 1 saturated carbocycles. The summed E-state index contributed by atoms with van der Waals surface area (Å²) in [5, 5.41) is 3.68. The first-order valence-corrected chi connectivity index (χ1v) is 11.1. The van der Waals surface area contributed by atoms with E-state index in [4.69, 9.17) is 10.5 Å². The van der Waals surface area contributed by atoms with E-state index in [2.05, 4.69) is 10.3 Å². The first kappa shape index (κ1) is 19.4. The number of nitrogens with two attached hydrogens (primary N) is 1. The first-order chi connectivity index (χ1) is 16.4. The minimum absolute atomic E-state index is 0.0383. The van der Waals surface area contributed by atoms with Crippen molar-refractivity contribution in [2.75, 3.05) is 4.90 Å². The number of hydrogen-bond donors (Lipinski definition) is 2. The number of benzene rings is 2. The van der Waals surface area contributed by atoms with Crippen LogP contribution in [0.25, 0.3) is 10.9 Å². The molecular formula is C24H19N5O5. The first-order valence-electron chi connectivity index (χ1n) is 11.1. The molecule has 3 N–H and O–H groups in total. The van der Waals surface area contributed by atoms with Crippen molar-refractivity contribution in [3.63, 3.8) is 0 Å². The van der Waals surface area contributed by atoms with Crippen molar-refractivity contribution in [3.8, 4) is 0 Å². The lowest BCUT2D eigenvalue weighted by atomic mass is 9.88. The van der Waals surface area contributed by atoms with Gasteiger partial charge in [0.1, 0.15) is 17.7 Å². The molecule has 2 aromatic carbocycles. The molecule has 3 aliphatic heterocycles.